The number of hydrogen-bond donors (Lipinski definition) is 1. The highest BCUT2D eigenvalue weighted by molar-refractivity contribution is 5.04. The van der Waals surface area contributed by atoms with Crippen molar-refractivity contribution in [3.05, 3.63) is 0 Å². The molecule has 0 bridgehead atoms. The van der Waals surface area contributed by atoms with Crippen molar-refractivity contribution >= 4 is 0 Å². The summed E-state index contributed by atoms with van der Waals surface area (Å²) in [6.45, 7) is 11.6. The molecule has 2 heteroatoms. The van der Waals surface area contributed by atoms with Crippen molar-refractivity contribution < 1.29 is 9.84 Å². The van der Waals surface area contributed by atoms with E-state index >= 15 is 0 Å². The van der Waals surface area contributed by atoms with Gasteiger partial charge in [-0.05, 0) is 19.3 Å². The van der Waals surface area contributed by atoms with Gasteiger partial charge >= 0.3 is 0 Å². The van der Waals surface area contributed by atoms with Crippen LogP contribution in [0.15, 0.2) is 0 Å². The Morgan fingerprint density at radius 3 is 1.50 bits per heavy atom. The van der Waals surface area contributed by atoms with Crippen molar-refractivity contribution in [2.45, 2.75) is 40.2 Å². The molecule has 1 saturated heterocycles. The Bertz CT molecular complexity index is 151. The lowest BCUT2D eigenvalue weighted by atomic mass is 9.57. The quantitative estimate of drug-likeness (QED) is 0.653. The highest BCUT2D eigenvalue weighted by Crippen LogP contribution is 2.51. The molecule has 1 N–H and O–H groups in total. The second kappa shape index (κ2) is 2.46. The number of aliphatic hydroxyl groups is 1. The van der Waals surface area contributed by atoms with Crippen molar-refractivity contribution in [1.29, 1.82) is 0 Å². The van der Waals surface area contributed by atoms with Crippen LogP contribution < -0.4 is 0 Å². The molecule has 0 amide bonds. The normalized spacial score (nSPS) is 23.5. The zero-order valence-corrected chi connectivity index (χ0v) is 8.77. The molecule has 1 fully saturated rings. The van der Waals surface area contributed by atoms with Gasteiger partial charge in [-0.15, -0.1) is 0 Å². The maximum Gasteiger partial charge on any atom is 0.0696 e. The molecule has 0 aromatic heterocycles. The van der Waals surface area contributed by atoms with Crippen molar-refractivity contribution in [3.63, 3.8) is 0 Å². The van der Waals surface area contributed by atoms with Crippen molar-refractivity contribution in [1.82, 2.24) is 0 Å². The van der Waals surface area contributed by atoms with Crippen LogP contribution in [0.5, 0.6) is 0 Å². The van der Waals surface area contributed by atoms with E-state index in [0.717, 1.165) is 0 Å². The Balaban J connectivity index is 2.92. The molecule has 1 heterocycles. The number of ether oxygens (including phenoxy) is 1. The SMILES string of the molecule is CC(C)(C)C1(C(C)(C)O)COC1. The summed E-state index contributed by atoms with van der Waals surface area (Å²) in [4.78, 5) is 0. The van der Waals surface area contributed by atoms with E-state index in [1.807, 2.05) is 13.8 Å². The van der Waals surface area contributed by atoms with E-state index in [1.54, 1.807) is 0 Å². The average molecular weight is 172 g/mol. The van der Waals surface area contributed by atoms with Crippen molar-refractivity contribution in [3.8, 4) is 0 Å². The molecular weight excluding hydrogens is 152 g/mol. The van der Waals surface area contributed by atoms with Gasteiger partial charge in [0, 0.05) is 0 Å². The summed E-state index contributed by atoms with van der Waals surface area (Å²) in [5.74, 6) is 0. The molecule has 0 aromatic rings. The van der Waals surface area contributed by atoms with Crippen molar-refractivity contribution in [2.24, 2.45) is 10.8 Å². The van der Waals surface area contributed by atoms with E-state index in [1.165, 1.54) is 0 Å². The molecule has 0 spiro atoms. The van der Waals surface area contributed by atoms with E-state index in [9.17, 15) is 5.11 Å². The number of rotatable bonds is 1. The van der Waals surface area contributed by atoms with Gasteiger partial charge in [-0.25, -0.2) is 0 Å². The lowest BCUT2D eigenvalue weighted by Crippen LogP contribution is -2.63. The Morgan fingerprint density at radius 2 is 1.50 bits per heavy atom. The average Bonchev–Trinajstić information content (AvgIpc) is 1.47. The predicted octanol–water partition coefficient (Wildman–Crippen LogP) is 1.82. The second-order valence-corrected chi connectivity index (χ2v) is 5.38. The van der Waals surface area contributed by atoms with Crippen LogP contribution in [0.2, 0.25) is 0 Å². The molecule has 0 aliphatic carbocycles. The van der Waals surface area contributed by atoms with Crippen LogP contribution >= 0.6 is 0 Å². The standard InChI is InChI=1S/C10H20O2/c1-8(2,3)10(6-12-7-10)9(4,5)11/h11H,6-7H2,1-5H3. The third-order valence-corrected chi connectivity index (χ3v) is 3.30. The number of hydrogen-bond acceptors (Lipinski definition) is 2. The smallest absolute Gasteiger partial charge is 0.0696 e. The molecule has 1 rings (SSSR count). The summed E-state index contributed by atoms with van der Waals surface area (Å²) in [5, 5.41) is 10.0. The predicted molar refractivity (Wildman–Crippen MR) is 49.0 cm³/mol. The molecule has 0 radical (unpaired) electrons. The first kappa shape index (κ1) is 10.0. The first-order valence-corrected chi connectivity index (χ1v) is 4.51. The summed E-state index contributed by atoms with van der Waals surface area (Å²) in [6.07, 6.45) is 0. The largest absolute Gasteiger partial charge is 0.390 e. The second-order valence-electron chi connectivity index (χ2n) is 5.38. The van der Waals surface area contributed by atoms with Gasteiger partial charge in [0.25, 0.3) is 0 Å². The summed E-state index contributed by atoms with van der Waals surface area (Å²) in [5.41, 5.74) is -0.618. The van der Waals surface area contributed by atoms with E-state index in [4.69, 9.17) is 4.74 Å². The topological polar surface area (TPSA) is 29.5 Å². The van der Waals surface area contributed by atoms with Gasteiger partial charge in [-0.2, -0.15) is 0 Å². The molecule has 2 nitrogen and oxygen atoms in total. The van der Waals surface area contributed by atoms with Crippen LogP contribution in [-0.4, -0.2) is 23.9 Å². The fourth-order valence-electron chi connectivity index (χ4n) is 2.01. The molecule has 0 aromatic carbocycles. The van der Waals surface area contributed by atoms with Crippen LogP contribution in [0.1, 0.15) is 34.6 Å². The summed E-state index contributed by atoms with van der Waals surface area (Å²) >= 11 is 0. The van der Waals surface area contributed by atoms with E-state index in [-0.39, 0.29) is 10.8 Å². The van der Waals surface area contributed by atoms with Gasteiger partial charge in [0.15, 0.2) is 0 Å². The van der Waals surface area contributed by atoms with E-state index in [0.29, 0.717) is 13.2 Å². The fourth-order valence-corrected chi connectivity index (χ4v) is 2.01. The van der Waals surface area contributed by atoms with Gasteiger partial charge in [0.1, 0.15) is 0 Å². The Labute approximate surface area is 74.9 Å². The third-order valence-electron chi connectivity index (χ3n) is 3.30. The Kier molecular flexibility index (Phi) is 2.05. The zero-order valence-electron chi connectivity index (χ0n) is 8.77. The minimum absolute atomic E-state index is 0.0694. The molecule has 0 atom stereocenters. The minimum atomic E-state index is -0.649. The Hall–Kier alpha value is -0.0800. The van der Waals surface area contributed by atoms with Crippen molar-refractivity contribution in [2.75, 3.05) is 13.2 Å². The van der Waals surface area contributed by atoms with Gasteiger partial charge in [0.05, 0.1) is 24.2 Å². The van der Waals surface area contributed by atoms with Crippen LogP contribution in [0.4, 0.5) is 0 Å². The minimum Gasteiger partial charge on any atom is -0.390 e. The molecular formula is C10H20O2. The third kappa shape index (κ3) is 1.17. The van der Waals surface area contributed by atoms with Crippen LogP contribution in [0, 0.1) is 10.8 Å². The van der Waals surface area contributed by atoms with E-state index in [2.05, 4.69) is 20.8 Å². The summed E-state index contributed by atoms with van der Waals surface area (Å²) < 4.78 is 5.23. The highest BCUT2D eigenvalue weighted by atomic mass is 16.5. The lowest BCUT2D eigenvalue weighted by molar-refractivity contribution is -0.255. The monoisotopic (exact) mass is 172 g/mol. The first-order chi connectivity index (χ1) is 5.21. The molecule has 0 saturated carbocycles. The zero-order chi connectivity index (χ0) is 9.62. The van der Waals surface area contributed by atoms with Crippen LogP contribution in [0.3, 0.4) is 0 Å². The van der Waals surface area contributed by atoms with Crippen LogP contribution in [-0.2, 0) is 4.74 Å². The van der Waals surface area contributed by atoms with E-state index < -0.39 is 5.60 Å². The van der Waals surface area contributed by atoms with Gasteiger partial charge in [-0.3, -0.25) is 0 Å². The summed E-state index contributed by atoms with van der Waals surface area (Å²) in [7, 11) is 0. The van der Waals surface area contributed by atoms with Gasteiger partial charge < -0.3 is 9.84 Å². The molecule has 12 heavy (non-hydrogen) atoms. The Morgan fingerprint density at radius 1 is 1.08 bits per heavy atom. The lowest BCUT2D eigenvalue weighted by Gasteiger charge is -2.57. The van der Waals surface area contributed by atoms with Gasteiger partial charge in [0.2, 0.25) is 0 Å². The molecule has 1 aliphatic heterocycles. The summed E-state index contributed by atoms with van der Waals surface area (Å²) in [6, 6.07) is 0. The molecule has 72 valence electrons. The highest BCUT2D eigenvalue weighted by Gasteiger charge is 2.57. The fraction of sp³-hybridized carbons (Fsp3) is 1.00. The molecule has 1 aliphatic rings. The van der Waals surface area contributed by atoms with Crippen LogP contribution in [0.25, 0.3) is 0 Å². The molecule has 0 unspecified atom stereocenters. The maximum absolute atomic E-state index is 10.0. The first-order valence-electron chi connectivity index (χ1n) is 4.51. The maximum atomic E-state index is 10.0. The van der Waals surface area contributed by atoms with Gasteiger partial charge in [-0.1, -0.05) is 20.8 Å².